The molecule has 0 aromatic heterocycles. The molecule has 0 spiro atoms. The van der Waals surface area contributed by atoms with Crippen LogP contribution in [0.4, 0.5) is 5.69 Å². The number of ether oxygens (including phenoxy) is 2. The Kier molecular flexibility index (Phi) is 7.04. The summed E-state index contributed by atoms with van der Waals surface area (Å²) in [6.45, 7) is 5.81. The molecular weight excluding hydrogens is 354 g/mol. The summed E-state index contributed by atoms with van der Waals surface area (Å²) in [7, 11) is 0. The highest BCUT2D eigenvalue weighted by Gasteiger charge is 2.20. The van der Waals surface area contributed by atoms with E-state index in [1.807, 2.05) is 38.1 Å². The minimum Gasteiger partial charge on any atom is -0.481 e. The van der Waals surface area contributed by atoms with Crippen LogP contribution in [-0.4, -0.2) is 24.6 Å². The Morgan fingerprint density at radius 3 is 2.42 bits per heavy atom. The molecule has 26 heavy (non-hydrogen) atoms. The molecule has 0 aliphatic rings. The molecule has 138 valence electrons. The van der Waals surface area contributed by atoms with Gasteiger partial charge in [-0.3, -0.25) is 4.79 Å². The molecule has 1 amide bonds. The standard InChI is InChI=1S/C20H22ClNO4/c1-4-18(26-15-9-6-13(3)7-10-15)19(23)22-14-8-11-17(21)16(12-14)20(24)25-5-2/h6-12,18H,4-5H2,1-3H3,(H,22,23)/t18-/m1/s1. The average Bonchev–Trinajstić information content (AvgIpc) is 2.62. The van der Waals surface area contributed by atoms with Crippen LogP contribution in [0.15, 0.2) is 42.5 Å². The van der Waals surface area contributed by atoms with Crippen molar-refractivity contribution >= 4 is 29.2 Å². The van der Waals surface area contributed by atoms with Gasteiger partial charge in [0.05, 0.1) is 17.2 Å². The highest BCUT2D eigenvalue weighted by atomic mass is 35.5. The first kappa shape index (κ1) is 19.8. The molecule has 2 rings (SSSR count). The number of hydrogen-bond donors (Lipinski definition) is 1. The molecule has 0 radical (unpaired) electrons. The van der Waals surface area contributed by atoms with Gasteiger partial charge in [0.25, 0.3) is 5.91 Å². The van der Waals surface area contributed by atoms with Gasteiger partial charge in [-0.2, -0.15) is 0 Å². The Labute approximate surface area is 158 Å². The largest absolute Gasteiger partial charge is 0.481 e. The van der Waals surface area contributed by atoms with Crippen LogP contribution in [0.3, 0.4) is 0 Å². The van der Waals surface area contributed by atoms with Gasteiger partial charge in [-0.05, 0) is 50.6 Å². The zero-order chi connectivity index (χ0) is 19.1. The van der Waals surface area contributed by atoms with Gasteiger partial charge < -0.3 is 14.8 Å². The molecule has 0 aliphatic carbocycles. The third-order valence-corrected chi connectivity index (χ3v) is 4.02. The summed E-state index contributed by atoms with van der Waals surface area (Å²) in [6, 6.07) is 12.2. The minimum absolute atomic E-state index is 0.207. The number of esters is 1. The lowest BCUT2D eigenvalue weighted by Gasteiger charge is -2.18. The van der Waals surface area contributed by atoms with Crippen LogP contribution in [0.5, 0.6) is 5.75 Å². The molecule has 0 unspecified atom stereocenters. The fraction of sp³-hybridized carbons (Fsp3) is 0.300. The topological polar surface area (TPSA) is 64.6 Å². The van der Waals surface area contributed by atoms with Crippen molar-refractivity contribution in [3.8, 4) is 5.75 Å². The molecule has 0 saturated carbocycles. The third kappa shape index (κ3) is 5.23. The van der Waals surface area contributed by atoms with Gasteiger partial charge in [0.1, 0.15) is 5.75 Å². The summed E-state index contributed by atoms with van der Waals surface area (Å²) in [4.78, 5) is 24.4. The highest BCUT2D eigenvalue weighted by Crippen LogP contribution is 2.22. The summed E-state index contributed by atoms with van der Waals surface area (Å²) < 4.78 is 10.7. The summed E-state index contributed by atoms with van der Waals surface area (Å²) in [6.07, 6.45) is -0.155. The van der Waals surface area contributed by atoms with Crippen molar-refractivity contribution in [3.63, 3.8) is 0 Å². The van der Waals surface area contributed by atoms with Crippen molar-refractivity contribution in [1.82, 2.24) is 0 Å². The molecule has 0 fully saturated rings. The Morgan fingerprint density at radius 2 is 1.81 bits per heavy atom. The molecule has 1 N–H and O–H groups in total. The van der Waals surface area contributed by atoms with Crippen LogP contribution in [0, 0.1) is 6.92 Å². The average molecular weight is 376 g/mol. The molecule has 5 nitrogen and oxygen atoms in total. The molecular formula is C20H22ClNO4. The zero-order valence-electron chi connectivity index (χ0n) is 15.0. The van der Waals surface area contributed by atoms with Crippen LogP contribution in [0.25, 0.3) is 0 Å². The molecule has 2 aromatic rings. The Balaban J connectivity index is 2.10. The molecule has 0 saturated heterocycles. The van der Waals surface area contributed by atoms with Crippen molar-refractivity contribution in [2.75, 3.05) is 11.9 Å². The number of rotatable bonds is 7. The summed E-state index contributed by atoms with van der Waals surface area (Å²) in [5, 5.41) is 3.03. The lowest BCUT2D eigenvalue weighted by Crippen LogP contribution is -2.32. The molecule has 2 aromatic carbocycles. The summed E-state index contributed by atoms with van der Waals surface area (Å²) in [5.41, 5.74) is 1.77. The van der Waals surface area contributed by atoms with Crippen molar-refractivity contribution in [1.29, 1.82) is 0 Å². The number of benzene rings is 2. The molecule has 1 atom stereocenters. The van der Waals surface area contributed by atoms with Crippen LogP contribution in [0.1, 0.15) is 36.2 Å². The van der Waals surface area contributed by atoms with Crippen molar-refractivity contribution in [2.45, 2.75) is 33.3 Å². The first-order valence-corrected chi connectivity index (χ1v) is 8.83. The van der Waals surface area contributed by atoms with Crippen LogP contribution in [0.2, 0.25) is 5.02 Å². The van der Waals surface area contributed by atoms with E-state index in [0.29, 0.717) is 17.9 Å². The second-order valence-corrected chi connectivity index (χ2v) is 6.14. The highest BCUT2D eigenvalue weighted by molar-refractivity contribution is 6.33. The first-order chi connectivity index (χ1) is 12.4. The lowest BCUT2D eigenvalue weighted by atomic mass is 10.2. The van der Waals surface area contributed by atoms with Gasteiger partial charge in [-0.15, -0.1) is 0 Å². The van der Waals surface area contributed by atoms with Crippen LogP contribution in [-0.2, 0) is 9.53 Å². The van der Waals surface area contributed by atoms with Crippen molar-refractivity contribution < 1.29 is 19.1 Å². The van der Waals surface area contributed by atoms with Crippen molar-refractivity contribution in [3.05, 3.63) is 58.6 Å². The summed E-state index contributed by atoms with van der Waals surface area (Å²) >= 11 is 6.04. The maximum absolute atomic E-state index is 12.5. The number of aryl methyl sites for hydroxylation is 1. The third-order valence-electron chi connectivity index (χ3n) is 3.69. The van der Waals surface area contributed by atoms with E-state index in [-0.39, 0.29) is 23.1 Å². The Morgan fingerprint density at radius 1 is 1.12 bits per heavy atom. The zero-order valence-corrected chi connectivity index (χ0v) is 15.8. The number of hydrogen-bond acceptors (Lipinski definition) is 4. The molecule has 0 heterocycles. The monoisotopic (exact) mass is 375 g/mol. The SMILES string of the molecule is CCOC(=O)c1cc(NC(=O)[C@@H](CC)Oc2ccc(C)cc2)ccc1Cl. The molecule has 0 bridgehead atoms. The van der Waals surface area contributed by atoms with E-state index in [2.05, 4.69) is 5.32 Å². The fourth-order valence-corrected chi connectivity index (χ4v) is 2.49. The van der Waals surface area contributed by atoms with Gasteiger partial charge in [0, 0.05) is 5.69 Å². The fourth-order valence-electron chi connectivity index (χ4n) is 2.29. The van der Waals surface area contributed by atoms with Gasteiger partial charge in [-0.1, -0.05) is 36.2 Å². The Bertz CT molecular complexity index is 774. The predicted molar refractivity (Wildman–Crippen MR) is 102 cm³/mol. The van der Waals surface area contributed by atoms with Gasteiger partial charge >= 0.3 is 5.97 Å². The van der Waals surface area contributed by atoms with E-state index in [1.165, 1.54) is 6.07 Å². The number of amides is 1. The number of carbonyl (C=O) groups excluding carboxylic acids is 2. The van der Waals surface area contributed by atoms with E-state index in [9.17, 15) is 9.59 Å². The minimum atomic E-state index is -0.653. The quantitative estimate of drug-likeness (QED) is 0.717. The molecule has 6 heteroatoms. The normalized spacial score (nSPS) is 11.5. The van der Waals surface area contributed by atoms with Crippen LogP contribution < -0.4 is 10.1 Å². The van der Waals surface area contributed by atoms with Crippen molar-refractivity contribution in [2.24, 2.45) is 0 Å². The van der Waals surface area contributed by atoms with Crippen LogP contribution >= 0.6 is 11.6 Å². The number of anilines is 1. The maximum atomic E-state index is 12.5. The second-order valence-electron chi connectivity index (χ2n) is 5.73. The second kappa shape index (κ2) is 9.25. The lowest BCUT2D eigenvalue weighted by molar-refractivity contribution is -0.122. The molecule has 0 aliphatic heterocycles. The van der Waals surface area contributed by atoms with E-state index in [1.54, 1.807) is 19.1 Å². The predicted octanol–water partition coefficient (Wildman–Crippen LogP) is 4.62. The maximum Gasteiger partial charge on any atom is 0.339 e. The Hall–Kier alpha value is -2.53. The smallest absolute Gasteiger partial charge is 0.339 e. The van der Waals surface area contributed by atoms with E-state index in [0.717, 1.165) is 5.56 Å². The van der Waals surface area contributed by atoms with E-state index in [4.69, 9.17) is 21.1 Å². The van der Waals surface area contributed by atoms with Gasteiger partial charge in [0.2, 0.25) is 0 Å². The van der Waals surface area contributed by atoms with Gasteiger partial charge in [0.15, 0.2) is 6.10 Å². The number of carbonyl (C=O) groups is 2. The summed E-state index contributed by atoms with van der Waals surface area (Å²) in [5.74, 6) is -0.206. The van der Waals surface area contributed by atoms with E-state index < -0.39 is 12.1 Å². The number of nitrogens with one attached hydrogen (secondary N) is 1. The number of halogens is 1. The van der Waals surface area contributed by atoms with E-state index >= 15 is 0 Å². The first-order valence-electron chi connectivity index (χ1n) is 8.45. The van der Waals surface area contributed by atoms with Gasteiger partial charge in [-0.25, -0.2) is 4.79 Å².